The minimum atomic E-state index is -0.726. The van der Waals surface area contributed by atoms with Gasteiger partial charge in [-0.15, -0.1) is 0 Å². The third-order valence-corrected chi connectivity index (χ3v) is 3.26. The molecule has 5 nitrogen and oxygen atoms in total. The minimum absolute atomic E-state index is 0.321. The van der Waals surface area contributed by atoms with Crippen LogP contribution in [0.25, 0.3) is 0 Å². The zero-order valence-corrected chi connectivity index (χ0v) is 11.1. The van der Waals surface area contributed by atoms with E-state index < -0.39 is 5.97 Å². The Morgan fingerprint density at radius 3 is 2.50 bits per heavy atom. The van der Waals surface area contributed by atoms with Gasteiger partial charge >= 0.3 is 5.97 Å². The van der Waals surface area contributed by atoms with E-state index in [9.17, 15) is 4.79 Å². The van der Waals surface area contributed by atoms with Crippen molar-refractivity contribution in [3.05, 3.63) is 17.5 Å². The molecule has 0 bridgehead atoms. The van der Waals surface area contributed by atoms with Crippen molar-refractivity contribution in [2.75, 3.05) is 18.0 Å². The Kier molecular flexibility index (Phi) is 3.50. The number of aryl methyl sites for hydroxylation is 2. The van der Waals surface area contributed by atoms with Gasteiger partial charge in [0.15, 0.2) is 0 Å². The average Bonchev–Trinajstić information content (AvgIpc) is 2.26. The second-order valence-corrected chi connectivity index (χ2v) is 5.23. The van der Waals surface area contributed by atoms with Crippen molar-refractivity contribution in [2.45, 2.75) is 27.2 Å². The molecule has 0 spiro atoms. The van der Waals surface area contributed by atoms with Crippen LogP contribution in [0.5, 0.6) is 0 Å². The van der Waals surface area contributed by atoms with Crippen molar-refractivity contribution >= 4 is 11.9 Å². The monoisotopic (exact) mass is 249 g/mol. The lowest BCUT2D eigenvalue weighted by Crippen LogP contribution is -2.43. The molecule has 2 rings (SSSR count). The van der Waals surface area contributed by atoms with Crippen LogP contribution in [-0.2, 0) is 4.79 Å². The number of hydrogen-bond donors (Lipinski definition) is 1. The van der Waals surface area contributed by atoms with E-state index in [2.05, 4.69) is 16.9 Å². The maximum Gasteiger partial charge on any atom is 0.308 e. The number of carboxylic acid groups (broad SMARTS) is 1. The highest BCUT2D eigenvalue weighted by Gasteiger charge is 2.30. The number of aliphatic carboxylic acids is 1. The standard InChI is InChI=1S/C13H19N3O2/c1-8-4-11(12(17)18)7-16(6-8)13-14-9(2)5-10(3)15-13/h5,8,11H,4,6-7H2,1-3H3,(H,17,18). The van der Waals surface area contributed by atoms with E-state index in [0.717, 1.165) is 24.4 Å². The summed E-state index contributed by atoms with van der Waals surface area (Å²) in [5.74, 6) is -0.0383. The van der Waals surface area contributed by atoms with Gasteiger partial charge in [0.25, 0.3) is 0 Å². The van der Waals surface area contributed by atoms with Crippen LogP contribution in [-0.4, -0.2) is 34.1 Å². The number of rotatable bonds is 2. The van der Waals surface area contributed by atoms with Gasteiger partial charge in [-0.1, -0.05) is 6.92 Å². The quantitative estimate of drug-likeness (QED) is 0.863. The van der Waals surface area contributed by atoms with Gasteiger partial charge in [0.1, 0.15) is 0 Å². The summed E-state index contributed by atoms with van der Waals surface area (Å²) in [6.07, 6.45) is 0.733. The highest BCUT2D eigenvalue weighted by atomic mass is 16.4. The fraction of sp³-hybridized carbons (Fsp3) is 0.615. The van der Waals surface area contributed by atoms with Gasteiger partial charge in [-0.25, -0.2) is 9.97 Å². The average molecular weight is 249 g/mol. The second kappa shape index (κ2) is 4.92. The Labute approximate surface area is 107 Å². The maximum atomic E-state index is 11.1. The summed E-state index contributed by atoms with van der Waals surface area (Å²) >= 11 is 0. The number of hydrogen-bond acceptors (Lipinski definition) is 4. The SMILES string of the molecule is Cc1cc(C)nc(N2CC(C)CC(C(=O)O)C2)n1. The van der Waals surface area contributed by atoms with Gasteiger partial charge in [0.2, 0.25) is 5.95 Å². The fourth-order valence-electron chi connectivity index (χ4n) is 2.54. The van der Waals surface area contributed by atoms with E-state index in [1.165, 1.54) is 0 Å². The summed E-state index contributed by atoms with van der Waals surface area (Å²) in [6.45, 7) is 7.26. The molecule has 0 aliphatic carbocycles. The highest BCUT2D eigenvalue weighted by Crippen LogP contribution is 2.24. The van der Waals surface area contributed by atoms with Crippen LogP contribution >= 0.6 is 0 Å². The molecule has 1 aliphatic heterocycles. The molecular formula is C13H19N3O2. The molecule has 2 unspecified atom stereocenters. The van der Waals surface area contributed by atoms with Crippen LogP contribution in [0.15, 0.2) is 6.07 Å². The molecule has 2 atom stereocenters. The predicted octanol–water partition coefficient (Wildman–Crippen LogP) is 1.64. The normalized spacial score (nSPS) is 24.1. The van der Waals surface area contributed by atoms with Crippen molar-refractivity contribution in [3.63, 3.8) is 0 Å². The molecule has 0 amide bonds. The number of anilines is 1. The van der Waals surface area contributed by atoms with E-state index in [1.54, 1.807) is 0 Å². The third kappa shape index (κ3) is 2.78. The summed E-state index contributed by atoms with van der Waals surface area (Å²) in [5.41, 5.74) is 1.84. The molecule has 1 aromatic heterocycles. The summed E-state index contributed by atoms with van der Waals surface area (Å²) in [4.78, 5) is 22.0. The molecule has 1 saturated heterocycles. The van der Waals surface area contributed by atoms with Gasteiger partial charge in [-0.05, 0) is 32.3 Å². The minimum Gasteiger partial charge on any atom is -0.481 e. The lowest BCUT2D eigenvalue weighted by molar-refractivity contribution is -0.142. The Morgan fingerprint density at radius 1 is 1.33 bits per heavy atom. The first-order valence-electron chi connectivity index (χ1n) is 6.25. The molecule has 0 aromatic carbocycles. The van der Waals surface area contributed by atoms with Crippen molar-refractivity contribution in [3.8, 4) is 0 Å². The lowest BCUT2D eigenvalue weighted by Gasteiger charge is -2.34. The largest absolute Gasteiger partial charge is 0.481 e. The molecule has 5 heteroatoms. The van der Waals surface area contributed by atoms with Crippen LogP contribution in [0.1, 0.15) is 24.7 Å². The Hall–Kier alpha value is -1.65. The van der Waals surface area contributed by atoms with Gasteiger partial charge in [0, 0.05) is 24.5 Å². The van der Waals surface area contributed by atoms with E-state index in [4.69, 9.17) is 5.11 Å². The van der Waals surface area contributed by atoms with Gasteiger partial charge in [-0.2, -0.15) is 0 Å². The van der Waals surface area contributed by atoms with E-state index in [1.807, 2.05) is 24.8 Å². The van der Waals surface area contributed by atoms with Crippen LogP contribution in [0.2, 0.25) is 0 Å². The molecule has 0 radical (unpaired) electrons. The van der Waals surface area contributed by atoms with Crippen LogP contribution in [0, 0.1) is 25.7 Å². The Morgan fingerprint density at radius 2 is 1.94 bits per heavy atom. The van der Waals surface area contributed by atoms with E-state index in [0.29, 0.717) is 18.4 Å². The summed E-state index contributed by atoms with van der Waals surface area (Å²) in [7, 11) is 0. The van der Waals surface area contributed by atoms with Crippen LogP contribution < -0.4 is 4.90 Å². The molecule has 18 heavy (non-hydrogen) atoms. The molecular weight excluding hydrogens is 230 g/mol. The first kappa shape index (κ1) is 12.8. The second-order valence-electron chi connectivity index (χ2n) is 5.23. The first-order chi connectivity index (χ1) is 8.45. The molecule has 1 aliphatic rings. The summed E-state index contributed by atoms with van der Waals surface area (Å²) < 4.78 is 0. The number of nitrogens with zero attached hydrogens (tertiary/aromatic N) is 3. The molecule has 1 aromatic rings. The number of aromatic nitrogens is 2. The molecule has 1 fully saturated rings. The van der Waals surface area contributed by atoms with Crippen LogP contribution in [0.3, 0.4) is 0 Å². The number of carboxylic acids is 1. The summed E-state index contributed by atoms with van der Waals surface area (Å²) in [6, 6.07) is 1.92. The van der Waals surface area contributed by atoms with Crippen molar-refractivity contribution in [1.29, 1.82) is 0 Å². The number of carbonyl (C=O) groups is 1. The number of piperidine rings is 1. The van der Waals surface area contributed by atoms with Gasteiger partial charge < -0.3 is 10.0 Å². The van der Waals surface area contributed by atoms with E-state index >= 15 is 0 Å². The van der Waals surface area contributed by atoms with E-state index in [-0.39, 0.29) is 5.92 Å². The summed E-state index contributed by atoms with van der Waals surface area (Å²) in [5, 5.41) is 9.16. The third-order valence-electron chi connectivity index (χ3n) is 3.26. The Bertz CT molecular complexity index is 441. The van der Waals surface area contributed by atoms with Gasteiger partial charge in [-0.3, -0.25) is 4.79 Å². The fourth-order valence-corrected chi connectivity index (χ4v) is 2.54. The Balaban J connectivity index is 2.23. The molecule has 2 heterocycles. The molecule has 98 valence electrons. The predicted molar refractivity (Wildman–Crippen MR) is 68.6 cm³/mol. The lowest BCUT2D eigenvalue weighted by atomic mass is 9.91. The first-order valence-corrected chi connectivity index (χ1v) is 6.25. The smallest absolute Gasteiger partial charge is 0.308 e. The van der Waals surface area contributed by atoms with Crippen LogP contribution in [0.4, 0.5) is 5.95 Å². The molecule has 0 saturated carbocycles. The highest BCUT2D eigenvalue weighted by molar-refractivity contribution is 5.71. The topological polar surface area (TPSA) is 66.3 Å². The zero-order chi connectivity index (χ0) is 13.3. The maximum absolute atomic E-state index is 11.1. The van der Waals surface area contributed by atoms with Crippen molar-refractivity contribution in [1.82, 2.24) is 9.97 Å². The molecule has 1 N–H and O–H groups in total. The van der Waals surface area contributed by atoms with Crippen molar-refractivity contribution in [2.24, 2.45) is 11.8 Å². The zero-order valence-electron chi connectivity index (χ0n) is 11.1. The van der Waals surface area contributed by atoms with Gasteiger partial charge in [0.05, 0.1) is 5.92 Å². The van der Waals surface area contributed by atoms with Crippen molar-refractivity contribution < 1.29 is 9.90 Å².